The van der Waals surface area contributed by atoms with Gasteiger partial charge in [-0.25, -0.2) is 0 Å². The molecule has 0 fully saturated rings. The molecule has 66 valence electrons. The molecule has 2 N–H and O–H groups in total. The summed E-state index contributed by atoms with van der Waals surface area (Å²) < 4.78 is 0. The Kier molecular flexibility index (Phi) is 4.11. The molecule has 11 heavy (non-hydrogen) atoms. The molecule has 0 heterocycles. The van der Waals surface area contributed by atoms with Gasteiger partial charge in [-0.3, -0.25) is 4.79 Å². The second kappa shape index (κ2) is 4.34. The summed E-state index contributed by atoms with van der Waals surface area (Å²) in [5.74, 6) is 0.219. The molecule has 0 rings (SSSR count). The van der Waals surface area contributed by atoms with Crippen molar-refractivity contribution in [2.75, 3.05) is 13.6 Å². The zero-order valence-corrected chi connectivity index (χ0v) is 7.79. The molecule has 1 unspecified atom stereocenters. The van der Waals surface area contributed by atoms with Crippen molar-refractivity contribution in [3.05, 3.63) is 0 Å². The third kappa shape index (κ3) is 2.89. The molecule has 0 aliphatic carbocycles. The third-order valence-corrected chi connectivity index (χ3v) is 1.84. The largest absolute Gasteiger partial charge is 0.342 e. The van der Waals surface area contributed by atoms with Crippen molar-refractivity contribution in [3.63, 3.8) is 0 Å². The predicted octanol–water partition coefficient (Wildman–Crippen LogP) is 0.448. The first-order chi connectivity index (χ1) is 5.00. The van der Waals surface area contributed by atoms with Crippen molar-refractivity contribution in [1.82, 2.24) is 4.90 Å². The van der Waals surface area contributed by atoms with Gasteiger partial charge in [0, 0.05) is 25.6 Å². The van der Waals surface area contributed by atoms with Gasteiger partial charge in [0.25, 0.3) is 0 Å². The summed E-state index contributed by atoms with van der Waals surface area (Å²) in [6.07, 6.45) is 0. The lowest BCUT2D eigenvalue weighted by Gasteiger charge is -2.25. The van der Waals surface area contributed by atoms with Crippen molar-refractivity contribution < 1.29 is 4.79 Å². The number of likely N-dealkylation sites (N-methyl/N-ethyl adjacent to an activating group) is 1. The van der Waals surface area contributed by atoms with Crippen molar-refractivity contribution >= 4 is 5.91 Å². The quantitative estimate of drug-likeness (QED) is 0.648. The van der Waals surface area contributed by atoms with E-state index in [9.17, 15) is 4.79 Å². The van der Waals surface area contributed by atoms with Gasteiger partial charge in [-0.1, -0.05) is 13.8 Å². The van der Waals surface area contributed by atoms with Crippen LogP contribution in [0.25, 0.3) is 0 Å². The zero-order valence-electron chi connectivity index (χ0n) is 7.79. The van der Waals surface area contributed by atoms with Crippen LogP contribution in [-0.2, 0) is 4.79 Å². The molecule has 3 nitrogen and oxygen atoms in total. The minimum Gasteiger partial charge on any atom is -0.342 e. The van der Waals surface area contributed by atoms with Gasteiger partial charge < -0.3 is 10.6 Å². The highest BCUT2D eigenvalue weighted by Crippen LogP contribution is 2.02. The standard InChI is InChI=1S/C8H18N2O/c1-6(2)8(11)10(4)7(3)5-9/h6-7H,5,9H2,1-4H3. The van der Waals surface area contributed by atoms with Gasteiger partial charge in [-0.2, -0.15) is 0 Å². The van der Waals surface area contributed by atoms with E-state index in [0.29, 0.717) is 6.54 Å². The van der Waals surface area contributed by atoms with Gasteiger partial charge in [0.05, 0.1) is 0 Å². The van der Waals surface area contributed by atoms with Crippen molar-refractivity contribution in [1.29, 1.82) is 0 Å². The molecule has 0 radical (unpaired) electrons. The van der Waals surface area contributed by atoms with Gasteiger partial charge in [-0.15, -0.1) is 0 Å². The molecular weight excluding hydrogens is 140 g/mol. The first kappa shape index (κ1) is 10.4. The van der Waals surface area contributed by atoms with Crippen LogP contribution in [-0.4, -0.2) is 30.4 Å². The van der Waals surface area contributed by atoms with E-state index in [-0.39, 0.29) is 17.9 Å². The van der Waals surface area contributed by atoms with Gasteiger partial charge in [0.2, 0.25) is 5.91 Å². The lowest BCUT2D eigenvalue weighted by Crippen LogP contribution is -2.41. The molecule has 0 aliphatic heterocycles. The number of carbonyl (C=O) groups is 1. The fraction of sp³-hybridized carbons (Fsp3) is 0.875. The second-order valence-corrected chi connectivity index (χ2v) is 3.19. The highest BCUT2D eigenvalue weighted by atomic mass is 16.2. The van der Waals surface area contributed by atoms with Crippen LogP contribution in [0.1, 0.15) is 20.8 Å². The van der Waals surface area contributed by atoms with E-state index in [1.165, 1.54) is 0 Å². The minimum absolute atomic E-state index is 0.0639. The average Bonchev–Trinajstić information content (AvgIpc) is 2.00. The minimum atomic E-state index is 0.0639. The SMILES string of the molecule is CC(C)C(=O)N(C)C(C)CN. The number of hydrogen-bond donors (Lipinski definition) is 1. The topological polar surface area (TPSA) is 46.3 Å². The Labute approximate surface area is 68.6 Å². The summed E-state index contributed by atoms with van der Waals surface area (Å²) in [4.78, 5) is 13.0. The molecule has 0 spiro atoms. The van der Waals surface area contributed by atoms with Gasteiger partial charge >= 0.3 is 0 Å². The highest BCUT2D eigenvalue weighted by molar-refractivity contribution is 5.78. The fourth-order valence-corrected chi connectivity index (χ4v) is 0.783. The molecular formula is C8H18N2O. The summed E-state index contributed by atoms with van der Waals surface area (Å²) in [5, 5.41) is 0. The summed E-state index contributed by atoms with van der Waals surface area (Å²) in [5.41, 5.74) is 5.42. The monoisotopic (exact) mass is 158 g/mol. The normalized spacial score (nSPS) is 13.3. The third-order valence-electron chi connectivity index (χ3n) is 1.84. The average molecular weight is 158 g/mol. The highest BCUT2D eigenvalue weighted by Gasteiger charge is 2.16. The van der Waals surface area contributed by atoms with E-state index in [4.69, 9.17) is 5.73 Å². The Morgan fingerprint density at radius 1 is 1.45 bits per heavy atom. The van der Waals surface area contributed by atoms with Crippen molar-refractivity contribution in [2.24, 2.45) is 11.7 Å². The maximum Gasteiger partial charge on any atom is 0.225 e. The summed E-state index contributed by atoms with van der Waals surface area (Å²) in [6, 6.07) is 0.143. The molecule has 1 amide bonds. The van der Waals surface area contributed by atoms with Crippen molar-refractivity contribution in [3.8, 4) is 0 Å². The maximum absolute atomic E-state index is 11.3. The lowest BCUT2D eigenvalue weighted by atomic mass is 10.1. The van der Waals surface area contributed by atoms with Crippen LogP contribution < -0.4 is 5.73 Å². The number of nitrogens with two attached hydrogens (primary N) is 1. The van der Waals surface area contributed by atoms with Crippen LogP contribution in [0.2, 0.25) is 0 Å². The Balaban J connectivity index is 4.02. The summed E-state index contributed by atoms with van der Waals surface area (Å²) in [7, 11) is 1.79. The Morgan fingerprint density at radius 3 is 2.18 bits per heavy atom. The molecule has 0 bridgehead atoms. The van der Waals surface area contributed by atoms with E-state index < -0.39 is 0 Å². The van der Waals surface area contributed by atoms with Crippen LogP contribution in [0.4, 0.5) is 0 Å². The van der Waals surface area contributed by atoms with E-state index >= 15 is 0 Å². The second-order valence-electron chi connectivity index (χ2n) is 3.19. The fourth-order valence-electron chi connectivity index (χ4n) is 0.783. The maximum atomic E-state index is 11.3. The van der Waals surface area contributed by atoms with Crippen LogP contribution in [0, 0.1) is 5.92 Å². The number of rotatable bonds is 3. The first-order valence-corrected chi connectivity index (χ1v) is 3.97. The molecule has 0 saturated carbocycles. The smallest absolute Gasteiger partial charge is 0.225 e. The number of nitrogens with zero attached hydrogens (tertiary/aromatic N) is 1. The molecule has 3 heteroatoms. The van der Waals surface area contributed by atoms with E-state index in [2.05, 4.69) is 0 Å². The van der Waals surface area contributed by atoms with Crippen LogP contribution in [0.3, 0.4) is 0 Å². The Bertz CT molecular complexity index is 134. The zero-order chi connectivity index (χ0) is 9.02. The first-order valence-electron chi connectivity index (χ1n) is 3.97. The molecule has 1 atom stereocenters. The Morgan fingerprint density at radius 2 is 1.91 bits per heavy atom. The number of carbonyl (C=O) groups excluding carboxylic acids is 1. The Hall–Kier alpha value is -0.570. The number of amides is 1. The predicted molar refractivity (Wildman–Crippen MR) is 46.1 cm³/mol. The van der Waals surface area contributed by atoms with Crippen LogP contribution in [0.5, 0.6) is 0 Å². The molecule has 0 aromatic carbocycles. The molecule has 0 saturated heterocycles. The summed E-state index contributed by atoms with van der Waals surface area (Å²) >= 11 is 0. The van der Waals surface area contributed by atoms with E-state index in [1.807, 2.05) is 20.8 Å². The van der Waals surface area contributed by atoms with Crippen LogP contribution >= 0.6 is 0 Å². The van der Waals surface area contributed by atoms with E-state index in [0.717, 1.165) is 0 Å². The lowest BCUT2D eigenvalue weighted by molar-refractivity contribution is -0.134. The molecule has 0 aliphatic rings. The molecule has 0 aromatic rings. The van der Waals surface area contributed by atoms with Gasteiger partial charge in [-0.05, 0) is 6.92 Å². The summed E-state index contributed by atoms with van der Waals surface area (Å²) in [6.45, 7) is 6.25. The van der Waals surface area contributed by atoms with Gasteiger partial charge in [0.15, 0.2) is 0 Å². The number of hydrogen-bond acceptors (Lipinski definition) is 2. The van der Waals surface area contributed by atoms with Gasteiger partial charge in [0.1, 0.15) is 0 Å². The van der Waals surface area contributed by atoms with Crippen LogP contribution in [0.15, 0.2) is 0 Å². The van der Waals surface area contributed by atoms with E-state index in [1.54, 1.807) is 11.9 Å². The molecule has 0 aromatic heterocycles. The van der Waals surface area contributed by atoms with Crippen molar-refractivity contribution in [2.45, 2.75) is 26.8 Å².